The van der Waals surface area contributed by atoms with Crippen LogP contribution in [0.4, 0.5) is 5.69 Å². The van der Waals surface area contributed by atoms with Gasteiger partial charge in [-0.1, -0.05) is 19.9 Å². The highest BCUT2D eigenvalue weighted by Crippen LogP contribution is 2.35. The van der Waals surface area contributed by atoms with Crippen LogP contribution in [0.2, 0.25) is 0 Å². The molecule has 0 saturated carbocycles. The van der Waals surface area contributed by atoms with Crippen molar-refractivity contribution in [1.82, 2.24) is 25.1 Å². The summed E-state index contributed by atoms with van der Waals surface area (Å²) in [6, 6.07) is 14.6. The van der Waals surface area contributed by atoms with Crippen LogP contribution in [0.1, 0.15) is 25.5 Å². The van der Waals surface area contributed by atoms with Crippen LogP contribution in [0.15, 0.2) is 65.6 Å². The first kappa shape index (κ1) is 19.7. The highest BCUT2D eigenvalue weighted by Gasteiger charge is 2.15. The summed E-state index contributed by atoms with van der Waals surface area (Å²) in [5.41, 5.74) is 15.9. The Morgan fingerprint density at radius 2 is 1.85 bits per heavy atom. The monoisotopic (exact) mass is 450 g/mol. The van der Waals surface area contributed by atoms with E-state index in [-0.39, 0.29) is 5.92 Å². The van der Waals surface area contributed by atoms with E-state index in [1.54, 1.807) is 11.3 Å². The minimum absolute atomic E-state index is 0.289. The molecule has 0 spiro atoms. The number of nitrogen functional groups attached to an aromatic ring is 1. The van der Waals surface area contributed by atoms with Crippen molar-refractivity contribution in [3.05, 3.63) is 71.3 Å². The summed E-state index contributed by atoms with van der Waals surface area (Å²) >= 11 is 1.69. The second kappa shape index (κ2) is 7.56. The molecule has 5 heterocycles. The van der Waals surface area contributed by atoms with Gasteiger partial charge in [0.15, 0.2) is 0 Å². The summed E-state index contributed by atoms with van der Waals surface area (Å²) in [5.74, 6) is 0.289. The molecule has 5 aromatic heterocycles. The van der Waals surface area contributed by atoms with Crippen LogP contribution in [-0.2, 0) is 0 Å². The molecule has 0 amide bonds. The van der Waals surface area contributed by atoms with Crippen LogP contribution in [0.5, 0.6) is 0 Å². The molecule has 0 atom stereocenters. The smallest absolute Gasteiger partial charge is 0.138 e. The number of aromatic nitrogens is 5. The van der Waals surface area contributed by atoms with Gasteiger partial charge in [-0.05, 0) is 69.8 Å². The van der Waals surface area contributed by atoms with Gasteiger partial charge in [-0.3, -0.25) is 10.1 Å². The molecule has 0 aliphatic heterocycles. The zero-order chi connectivity index (χ0) is 22.5. The molecule has 0 unspecified atom stereocenters. The first-order valence-corrected chi connectivity index (χ1v) is 11.8. The number of nitrogens with one attached hydrogen (secondary N) is 2. The van der Waals surface area contributed by atoms with Gasteiger partial charge in [0.1, 0.15) is 11.3 Å². The normalized spacial score (nSPS) is 11.7. The zero-order valence-corrected chi connectivity index (χ0v) is 19.1. The van der Waals surface area contributed by atoms with Gasteiger partial charge >= 0.3 is 0 Å². The van der Waals surface area contributed by atoms with Crippen molar-refractivity contribution in [3.8, 4) is 33.6 Å². The molecule has 7 heteroatoms. The van der Waals surface area contributed by atoms with Crippen molar-refractivity contribution in [2.45, 2.75) is 19.8 Å². The standard InChI is InChI=1S/C26H22N6S/c1-14(2)24-21(27)10-17(12-29-24)15-3-4-22-20(9-15)25(32-31-22)23-11-19-18(16-6-8-33-13-16)5-7-28-26(19)30-23/h3-14H,27H2,1-2H3,(H,28,30)(H,31,32). The Morgan fingerprint density at radius 1 is 0.939 bits per heavy atom. The highest BCUT2D eigenvalue weighted by atomic mass is 32.1. The van der Waals surface area contributed by atoms with Gasteiger partial charge < -0.3 is 10.7 Å². The Hall–Kier alpha value is -3.97. The molecule has 4 N–H and O–H groups in total. The molecule has 1 aromatic carbocycles. The van der Waals surface area contributed by atoms with Gasteiger partial charge in [-0.2, -0.15) is 16.4 Å². The molecule has 0 aliphatic carbocycles. The van der Waals surface area contributed by atoms with E-state index >= 15 is 0 Å². The second-order valence-electron chi connectivity index (χ2n) is 8.50. The number of rotatable bonds is 4. The SMILES string of the molecule is CC(C)c1ncc(-c2ccc3[nH]nc(-c4cc5c(-c6ccsc6)ccnc5[nH]4)c3c2)cc1N. The predicted molar refractivity (Wildman–Crippen MR) is 136 cm³/mol. The summed E-state index contributed by atoms with van der Waals surface area (Å²) in [6.45, 7) is 4.20. The highest BCUT2D eigenvalue weighted by molar-refractivity contribution is 7.08. The van der Waals surface area contributed by atoms with Crippen molar-refractivity contribution in [2.75, 3.05) is 5.73 Å². The first-order chi connectivity index (χ1) is 16.1. The molecular formula is C26H22N6S. The number of thiophene rings is 1. The predicted octanol–water partition coefficient (Wildman–Crippen LogP) is 6.60. The number of hydrogen-bond acceptors (Lipinski definition) is 5. The molecule has 6 rings (SSSR count). The Balaban J connectivity index is 1.47. The van der Waals surface area contributed by atoms with E-state index in [0.29, 0.717) is 0 Å². The fraction of sp³-hybridized carbons (Fsp3) is 0.115. The van der Waals surface area contributed by atoms with Gasteiger partial charge in [0.2, 0.25) is 0 Å². The number of H-pyrrole nitrogens is 2. The fourth-order valence-electron chi connectivity index (χ4n) is 4.36. The van der Waals surface area contributed by atoms with Crippen molar-refractivity contribution in [2.24, 2.45) is 0 Å². The number of aromatic amines is 2. The molecule has 0 radical (unpaired) electrons. The summed E-state index contributed by atoms with van der Waals surface area (Å²) in [7, 11) is 0. The molecule has 6 aromatic rings. The van der Waals surface area contributed by atoms with Gasteiger partial charge in [0, 0.05) is 28.7 Å². The third kappa shape index (κ3) is 3.29. The summed E-state index contributed by atoms with van der Waals surface area (Å²) in [6.07, 6.45) is 3.74. The number of hydrogen-bond donors (Lipinski definition) is 3. The lowest BCUT2D eigenvalue weighted by molar-refractivity contribution is 0.827. The molecular weight excluding hydrogens is 428 g/mol. The average molecular weight is 451 g/mol. The van der Waals surface area contributed by atoms with Crippen LogP contribution in [0.25, 0.3) is 55.6 Å². The van der Waals surface area contributed by atoms with Gasteiger partial charge in [0.25, 0.3) is 0 Å². The van der Waals surface area contributed by atoms with E-state index in [1.165, 1.54) is 5.56 Å². The van der Waals surface area contributed by atoms with Gasteiger partial charge in [-0.15, -0.1) is 0 Å². The van der Waals surface area contributed by atoms with Crippen molar-refractivity contribution in [1.29, 1.82) is 0 Å². The Labute approximate surface area is 194 Å². The third-order valence-electron chi connectivity index (χ3n) is 6.01. The molecule has 162 valence electrons. The number of benzene rings is 1. The lowest BCUT2D eigenvalue weighted by Crippen LogP contribution is -2.00. The molecule has 0 saturated heterocycles. The Bertz CT molecular complexity index is 1610. The van der Waals surface area contributed by atoms with Crippen LogP contribution < -0.4 is 5.73 Å². The Morgan fingerprint density at radius 3 is 2.64 bits per heavy atom. The average Bonchev–Trinajstić information content (AvgIpc) is 3.57. The van der Waals surface area contributed by atoms with Crippen LogP contribution in [0, 0.1) is 0 Å². The van der Waals surface area contributed by atoms with Crippen LogP contribution >= 0.6 is 11.3 Å². The summed E-state index contributed by atoms with van der Waals surface area (Å²) in [5, 5.41) is 14.1. The fourth-order valence-corrected chi connectivity index (χ4v) is 5.01. The van der Waals surface area contributed by atoms with E-state index in [9.17, 15) is 0 Å². The van der Waals surface area contributed by atoms with Crippen molar-refractivity contribution < 1.29 is 0 Å². The summed E-state index contributed by atoms with van der Waals surface area (Å²) in [4.78, 5) is 12.6. The number of fused-ring (bicyclic) bond motifs is 2. The van der Waals surface area contributed by atoms with E-state index in [2.05, 4.69) is 80.1 Å². The van der Waals surface area contributed by atoms with Crippen molar-refractivity contribution in [3.63, 3.8) is 0 Å². The quantitative estimate of drug-likeness (QED) is 0.282. The number of pyridine rings is 2. The first-order valence-electron chi connectivity index (χ1n) is 10.8. The summed E-state index contributed by atoms with van der Waals surface area (Å²) < 4.78 is 0. The molecule has 0 bridgehead atoms. The van der Waals surface area contributed by atoms with E-state index in [0.717, 1.165) is 61.4 Å². The topological polar surface area (TPSA) is 96.3 Å². The Kier molecular flexibility index (Phi) is 4.52. The molecule has 6 nitrogen and oxygen atoms in total. The largest absolute Gasteiger partial charge is 0.397 e. The number of nitrogens with zero attached hydrogens (tertiary/aromatic N) is 3. The maximum atomic E-state index is 6.28. The zero-order valence-electron chi connectivity index (χ0n) is 18.3. The lowest BCUT2D eigenvalue weighted by Gasteiger charge is -2.10. The van der Waals surface area contributed by atoms with E-state index in [4.69, 9.17) is 5.73 Å². The number of anilines is 1. The molecule has 0 fully saturated rings. The second-order valence-corrected chi connectivity index (χ2v) is 9.28. The number of nitrogens with two attached hydrogens (primary N) is 1. The third-order valence-corrected chi connectivity index (χ3v) is 6.69. The van der Waals surface area contributed by atoms with E-state index < -0.39 is 0 Å². The van der Waals surface area contributed by atoms with Gasteiger partial charge in [-0.25, -0.2) is 4.98 Å². The van der Waals surface area contributed by atoms with Crippen LogP contribution in [-0.4, -0.2) is 25.1 Å². The van der Waals surface area contributed by atoms with Crippen LogP contribution in [0.3, 0.4) is 0 Å². The molecule has 33 heavy (non-hydrogen) atoms. The minimum atomic E-state index is 0.289. The maximum absolute atomic E-state index is 6.28. The lowest BCUT2D eigenvalue weighted by atomic mass is 10.0. The minimum Gasteiger partial charge on any atom is -0.397 e. The maximum Gasteiger partial charge on any atom is 0.138 e. The molecule has 0 aliphatic rings. The van der Waals surface area contributed by atoms with E-state index in [1.807, 2.05) is 24.5 Å². The van der Waals surface area contributed by atoms with Crippen molar-refractivity contribution >= 4 is 39.0 Å². The van der Waals surface area contributed by atoms with Gasteiger partial charge in [0.05, 0.1) is 22.6 Å².